The van der Waals surface area contributed by atoms with Crippen molar-refractivity contribution in [2.45, 2.75) is 38.9 Å². The molecule has 6 nitrogen and oxygen atoms in total. The number of nitrogens with zero attached hydrogens (tertiary/aromatic N) is 2. The second kappa shape index (κ2) is 11.5. The molecule has 0 atom stereocenters. The average Bonchev–Trinajstić information content (AvgIpc) is 2.81. The van der Waals surface area contributed by atoms with E-state index in [-0.39, 0.29) is 5.56 Å². The van der Waals surface area contributed by atoms with Crippen LogP contribution >= 0.6 is 0 Å². The molecule has 2 heterocycles. The summed E-state index contributed by atoms with van der Waals surface area (Å²) in [6.07, 6.45) is -0.672. The van der Waals surface area contributed by atoms with Crippen molar-refractivity contribution in [1.29, 1.82) is 0 Å². The number of alkyl halides is 3. The van der Waals surface area contributed by atoms with E-state index in [1.165, 1.54) is 22.9 Å². The lowest BCUT2D eigenvalue weighted by molar-refractivity contribution is -0.137. The molecule has 9 heteroatoms. The maximum Gasteiger partial charge on any atom is 0.416 e. The van der Waals surface area contributed by atoms with Crippen molar-refractivity contribution < 1.29 is 22.7 Å². The second-order valence-corrected chi connectivity index (χ2v) is 8.14. The van der Waals surface area contributed by atoms with Gasteiger partial charge in [0.15, 0.2) is 0 Å². The lowest BCUT2D eigenvalue weighted by Gasteiger charge is -2.26. The minimum Gasteiger partial charge on any atom is -0.379 e. The molecule has 0 aliphatic carbocycles. The molecule has 0 spiro atoms. The van der Waals surface area contributed by atoms with E-state index in [1.807, 2.05) is 6.92 Å². The monoisotopic (exact) mass is 465 g/mol. The Labute approximate surface area is 191 Å². The van der Waals surface area contributed by atoms with Gasteiger partial charge in [-0.1, -0.05) is 25.5 Å². The number of pyridine rings is 1. The van der Waals surface area contributed by atoms with Gasteiger partial charge >= 0.3 is 6.18 Å². The lowest BCUT2D eigenvalue weighted by atomic mass is 10.0. The summed E-state index contributed by atoms with van der Waals surface area (Å²) in [6.45, 7) is 6.69. The zero-order chi connectivity index (χ0) is 23.8. The van der Waals surface area contributed by atoms with Crippen LogP contribution < -0.4 is 10.9 Å². The fourth-order valence-electron chi connectivity index (χ4n) is 3.75. The highest BCUT2D eigenvalue weighted by molar-refractivity contribution is 5.95. The van der Waals surface area contributed by atoms with Gasteiger partial charge < -0.3 is 14.6 Å². The first-order valence-electron chi connectivity index (χ1n) is 11.3. The highest BCUT2D eigenvalue weighted by Crippen LogP contribution is 2.32. The summed E-state index contributed by atoms with van der Waals surface area (Å²) in [5, 5.41) is 2.79. The van der Waals surface area contributed by atoms with E-state index >= 15 is 0 Å². The Hall–Kier alpha value is -2.65. The van der Waals surface area contributed by atoms with Crippen molar-refractivity contribution in [2.75, 3.05) is 39.4 Å². The molecule has 3 rings (SSSR count). The van der Waals surface area contributed by atoms with E-state index in [9.17, 15) is 22.8 Å². The summed E-state index contributed by atoms with van der Waals surface area (Å²) >= 11 is 0. The van der Waals surface area contributed by atoms with Gasteiger partial charge in [-0.15, -0.1) is 0 Å². The number of hydrogen-bond donors (Lipinski definition) is 1. The standard InChI is InChI=1S/C24H30F3N3O3/c1-2-3-10-30-17-19(18-6-4-7-20(15-18)24(25,26)27)16-21(23(30)32)22(31)28-8-5-9-29-11-13-33-14-12-29/h4,6-7,15-17H,2-3,5,8-14H2,1H3,(H,28,31). The molecular formula is C24H30F3N3O3. The van der Waals surface area contributed by atoms with E-state index in [1.54, 1.807) is 6.07 Å². The third-order valence-corrected chi connectivity index (χ3v) is 5.65. The Morgan fingerprint density at radius 1 is 1.09 bits per heavy atom. The zero-order valence-electron chi connectivity index (χ0n) is 18.8. The number of amides is 1. The van der Waals surface area contributed by atoms with Crippen molar-refractivity contribution in [3.8, 4) is 11.1 Å². The molecule has 1 fully saturated rings. The van der Waals surface area contributed by atoms with Gasteiger partial charge in [0.25, 0.3) is 11.5 Å². The normalized spacial score (nSPS) is 14.9. The topological polar surface area (TPSA) is 63.6 Å². The number of ether oxygens (including phenoxy) is 1. The molecule has 1 aliphatic rings. The quantitative estimate of drug-likeness (QED) is 0.573. The second-order valence-electron chi connectivity index (χ2n) is 8.14. The number of carbonyl (C=O) groups excluding carboxylic acids is 1. The number of rotatable bonds is 9. The Bertz CT molecular complexity index is 998. The minimum atomic E-state index is -4.48. The third kappa shape index (κ3) is 6.91. The Morgan fingerprint density at radius 2 is 1.85 bits per heavy atom. The zero-order valence-corrected chi connectivity index (χ0v) is 18.8. The smallest absolute Gasteiger partial charge is 0.379 e. The highest BCUT2D eigenvalue weighted by Gasteiger charge is 2.30. The van der Waals surface area contributed by atoms with E-state index in [0.29, 0.717) is 43.9 Å². The largest absolute Gasteiger partial charge is 0.416 e. The number of aryl methyl sites for hydroxylation is 1. The van der Waals surface area contributed by atoms with Gasteiger partial charge in [0.1, 0.15) is 5.56 Å². The highest BCUT2D eigenvalue weighted by atomic mass is 19.4. The van der Waals surface area contributed by atoms with Crippen LogP contribution in [0.1, 0.15) is 42.1 Å². The molecule has 1 N–H and O–H groups in total. The van der Waals surface area contributed by atoms with Gasteiger partial charge in [-0.25, -0.2) is 0 Å². The van der Waals surface area contributed by atoms with Gasteiger partial charge in [-0.05, 0) is 48.7 Å². The van der Waals surface area contributed by atoms with Crippen LogP contribution in [-0.2, 0) is 17.5 Å². The number of morpholine rings is 1. The first-order chi connectivity index (χ1) is 15.8. The van der Waals surface area contributed by atoms with Crippen molar-refractivity contribution >= 4 is 5.91 Å². The molecule has 1 amide bonds. The Balaban J connectivity index is 1.80. The number of halogens is 3. The molecule has 0 saturated carbocycles. The van der Waals surface area contributed by atoms with Crippen LogP contribution in [-0.4, -0.2) is 54.8 Å². The maximum atomic E-state index is 13.2. The summed E-state index contributed by atoms with van der Waals surface area (Å²) < 4.78 is 46.3. The van der Waals surface area contributed by atoms with E-state index in [0.717, 1.165) is 44.6 Å². The molecule has 180 valence electrons. The van der Waals surface area contributed by atoms with Crippen molar-refractivity contribution in [3.63, 3.8) is 0 Å². The van der Waals surface area contributed by atoms with Crippen molar-refractivity contribution in [3.05, 3.63) is 58.0 Å². The SMILES string of the molecule is CCCCn1cc(-c2cccc(C(F)(F)F)c2)cc(C(=O)NCCCN2CCOCC2)c1=O. The number of carbonyl (C=O) groups is 1. The predicted octanol–water partition coefficient (Wildman–Crippen LogP) is 3.79. The van der Waals surface area contributed by atoms with Gasteiger partial charge in [0.2, 0.25) is 0 Å². The molecule has 1 saturated heterocycles. The first-order valence-corrected chi connectivity index (χ1v) is 11.3. The molecule has 0 unspecified atom stereocenters. The number of aromatic nitrogens is 1. The van der Waals surface area contributed by atoms with Crippen LogP contribution in [0, 0.1) is 0 Å². The van der Waals surface area contributed by atoms with Crippen LogP contribution in [0.3, 0.4) is 0 Å². The number of hydrogen-bond acceptors (Lipinski definition) is 4. The summed E-state index contributed by atoms with van der Waals surface area (Å²) in [4.78, 5) is 28.0. The number of unbranched alkanes of at least 4 members (excludes halogenated alkanes) is 1. The van der Waals surface area contributed by atoms with Crippen molar-refractivity contribution in [1.82, 2.24) is 14.8 Å². The molecule has 33 heavy (non-hydrogen) atoms. The molecule has 1 aromatic heterocycles. The van der Waals surface area contributed by atoms with Crippen LogP contribution in [0.2, 0.25) is 0 Å². The molecule has 2 aromatic rings. The summed E-state index contributed by atoms with van der Waals surface area (Å²) in [6, 6.07) is 6.29. The summed E-state index contributed by atoms with van der Waals surface area (Å²) in [7, 11) is 0. The van der Waals surface area contributed by atoms with Gasteiger partial charge in [0, 0.05) is 32.4 Å². The van der Waals surface area contributed by atoms with E-state index < -0.39 is 23.2 Å². The van der Waals surface area contributed by atoms with Crippen LogP contribution in [0.4, 0.5) is 13.2 Å². The Morgan fingerprint density at radius 3 is 2.55 bits per heavy atom. The summed E-state index contributed by atoms with van der Waals surface area (Å²) in [5.74, 6) is -0.513. The predicted molar refractivity (Wildman–Crippen MR) is 120 cm³/mol. The number of benzene rings is 1. The van der Waals surface area contributed by atoms with Crippen LogP contribution in [0.15, 0.2) is 41.3 Å². The molecule has 0 radical (unpaired) electrons. The van der Waals surface area contributed by atoms with Gasteiger partial charge in [0.05, 0.1) is 18.8 Å². The van der Waals surface area contributed by atoms with Gasteiger partial charge in [-0.3, -0.25) is 14.5 Å². The fourth-order valence-corrected chi connectivity index (χ4v) is 3.75. The van der Waals surface area contributed by atoms with Crippen molar-refractivity contribution in [2.24, 2.45) is 0 Å². The maximum absolute atomic E-state index is 13.2. The fraction of sp³-hybridized carbons (Fsp3) is 0.500. The van der Waals surface area contributed by atoms with Crippen LogP contribution in [0.25, 0.3) is 11.1 Å². The Kier molecular flexibility index (Phi) is 8.68. The first kappa shape index (κ1) is 25.0. The average molecular weight is 466 g/mol. The molecule has 1 aromatic carbocycles. The lowest BCUT2D eigenvalue weighted by Crippen LogP contribution is -2.38. The van der Waals surface area contributed by atoms with Gasteiger partial charge in [-0.2, -0.15) is 13.2 Å². The number of nitrogens with one attached hydrogen (secondary N) is 1. The molecular weight excluding hydrogens is 435 g/mol. The van der Waals surface area contributed by atoms with E-state index in [4.69, 9.17) is 4.74 Å². The molecule has 0 bridgehead atoms. The van der Waals surface area contributed by atoms with Crippen LogP contribution in [0.5, 0.6) is 0 Å². The molecule has 1 aliphatic heterocycles. The summed E-state index contributed by atoms with van der Waals surface area (Å²) in [5.41, 5.74) is -0.579. The minimum absolute atomic E-state index is 0.0626. The third-order valence-electron chi connectivity index (χ3n) is 5.65. The van der Waals surface area contributed by atoms with E-state index in [2.05, 4.69) is 10.2 Å².